The average molecular weight is 425 g/mol. The second-order valence-electron chi connectivity index (χ2n) is 8.56. The molecule has 2 atom stereocenters. The largest absolute Gasteiger partial charge is 0.481 e. The number of likely N-dealkylation sites (N-methyl/N-ethyl adjacent to an activating group) is 1. The number of fused-ring (bicyclic) bond motifs is 2. The minimum Gasteiger partial charge on any atom is -0.481 e. The standard InChI is InChI=1S/C24H25ClN2O3/c1-12-7-15(5-6-18(12)25)22-16(9-21(28)29)14(3)23-24-17(22)8-13(2)27(24)20-11-30-10-19(20)26(23)4/h5-8,19-20H,9-11H2,1-4H3,(H,28,29). The highest BCUT2D eigenvalue weighted by molar-refractivity contribution is 6.31. The highest BCUT2D eigenvalue weighted by atomic mass is 35.5. The second-order valence-corrected chi connectivity index (χ2v) is 8.97. The lowest BCUT2D eigenvalue weighted by atomic mass is 9.87. The van der Waals surface area contributed by atoms with Crippen LogP contribution in [0.5, 0.6) is 0 Å². The van der Waals surface area contributed by atoms with Crippen molar-refractivity contribution in [1.82, 2.24) is 4.57 Å². The highest BCUT2D eigenvalue weighted by Gasteiger charge is 2.41. The molecule has 2 aliphatic rings. The lowest BCUT2D eigenvalue weighted by Crippen LogP contribution is -2.42. The Hall–Kier alpha value is -2.50. The molecule has 30 heavy (non-hydrogen) atoms. The molecule has 2 aliphatic heterocycles. The van der Waals surface area contributed by atoms with E-state index < -0.39 is 5.97 Å². The summed E-state index contributed by atoms with van der Waals surface area (Å²) in [5, 5.41) is 11.5. The number of aliphatic carboxylic acids is 1. The van der Waals surface area contributed by atoms with Gasteiger partial charge in [-0.25, -0.2) is 0 Å². The highest BCUT2D eigenvalue weighted by Crippen LogP contribution is 2.49. The summed E-state index contributed by atoms with van der Waals surface area (Å²) in [6, 6.07) is 8.69. The van der Waals surface area contributed by atoms with E-state index in [1.54, 1.807) is 0 Å². The van der Waals surface area contributed by atoms with Crippen LogP contribution in [0.1, 0.15) is 28.4 Å². The molecule has 5 rings (SSSR count). The number of halogens is 1. The van der Waals surface area contributed by atoms with Gasteiger partial charge < -0.3 is 19.3 Å². The molecule has 1 fully saturated rings. The molecular formula is C24H25ClN2O3. The van der Waals surface area contributed by atoms with Crippen molar-refractivity contribution in [3.05, 3.63) is 51.7 Å². The van der Waals surface area contributed by atoms with Crippen molar-refractivity contribution >= 4 is 34.2 Å². The molecule has 3 aromatic rings. The maximum absolute atomic E-state index is 11.9. The fourth-order valence-electron chi connectivity index (χ4n) is 5.43. The Bertz CT molecular complexity index is 1210. The minimum absolute atomic E-state index is 0.0194. The number of hydrogen-bond acceptors (Lipinski definition) is 3. The first-order chi connectivity index (χ1) is 14.3. The predicted molar refractivity (Wildman–Crippen MR) is 120 cm³/mol. The summed E-state index contributed by atoms with van der Waals surface area (Å²) in [5.74, 6) is -0.826. The van der Waals surface area contributed by atoms with Crippen molar-refractivity contribution < 1.29 is 14.6 Å². The number of rotatable bonds is 3. The van der Waals surface area contributed by atoms with Gasteiger partial charge in [0, 0.05) is 23.2 Å². The zero-order valence-electron chi connectivity index (χ0n) is 17.6. The van der Waals surface area contributed by atoms with Crippen molar-refractivity contribution in [3.8, 4) is 11.1 Å². The number of carbonyl (C=O) groups is 1. The summed E-state index contributed by atoms with van der Waals surface area (Å²) in [5.41, 5.74) is 8.36. The number of benzene rings is 2. The molecule has 0 spiro atoms. The first-order valence-electron chi connectivity index (χ1n) is 10.3. The molecule has 0 aliphatic carbocycles. The topological polar surface area (TPSA) is 54.7 Å². The third kappa shape index (κ3) is 2.62. The molecule has 0 bridgehead atoms. The fourth-order valence-corrected chi connectivity index (χ4v) is 5.55. The Labute approximate surface area is 180 Å². The quantitative estimate of drug-likeness (QED) is 0.649. The van der Waals surface area contributed by atoms with Crippen LogP contribution in [0.3, 0.4) is 0 Å². The molecular weight excluding hydrogens is 400 g/mol. The third-order valence-corrected chi connectivity index (χ3v) is 7.23. The Balaban J connectivity index is 1.92. The summed E-state index contributed by atoms with van der Waals surface area (Å²) < 4.78 is 8.26. The van der Waals surface area contributed by atoms with Crippen LogP contribution in [0.25, 0.3) is 22.0 Å². The van der Waals surface area contributed by atoms with Crippen LogP contribution in [0.4, 0.5) is 5.69 Å². The van der Waals surface area contributed by atoms with Crippen LogP contribution in [0.2, 0.25) is 5.02 Å². The van der Waals surface area contributed by atoms with Gasteiger partial charge in [-0.3, -0.25) is 4.79 Å². The number of aryl methyl sites for hydroxylation is 2. The van der Waals surface area contributed by atoms with Gasteiger partial charge in [0.15, 0.2) is 0 Å². The maximum Gasteiger partial charge on any atom is 0.307 e. The number of ether oxygens (including phenoxy) is 1. The lowest BCUT2D eigenvalue weighted by Gasteiger charge is -2.39. The van der Waals surface area contributed by atoms with E-state index in [4.69, 9.17) is 16.3 Å². The molecule has 0 amide bonds. The molecule has 0 radical (unpaired) electrons. The van der Waals surface area contributed by atoms with Gasteiger partial charge in [0.05, 0.1) is 42.9 Å². The van der Waals surface area contributed by atoms with Crippen molar-refractivity contribution in [2.45, 2.75) is 39.3 Å². The van der Waals surface area contributed by atoms with Crippen LogP contribution < -0.4 is 4.90 Å². The molecule has 2 aromatic carbocycles. The van der Waals surface area contributed by atoms with Gasteiger partial charge in [-0.05, 0) is 66.8 Å². The van der Waals surface area contributed by atoms with E-state index in [9.17, 15) is 9.90 Å². The van der Waals surface area contributed by atoms with Gasteiger partial charge >= 0.3 is 5.97 Å². The normalized spacial score (nSPS) is 20.1. The summed E-state index contributed by atoms with van der Waals surface area (Å²) in [6.07, 6.45) is -0.0194. The van der Waals surface area contributed by atoms with E-state index in [1.807, 2.05) is 19.1 Å². The molecule has 2 unspecified atom stereocenters. The maximum atomic E-state index is 11.9. The molecule has 1 saturated heterocycles. The number of hydrogen-bond donors (Lipinski definition) is 1. The molecule has 0 saturated carbocycles. The Morgan fingerprint density at radius 2 is 1.93 bits per heavy atom. The van der Waals surface area contributed by atoms with E-state index in [0.29, 0.717) is 18.2 Å². The van der Waals surface area contributed by atoms with Gasteiger partial charge in [0.25, 0.3) is 0 Å². The van der Waals surface area contributed by atoms with E-state index in [0.717, 1.165) is 38.9 Å². The monoisotopic (exact) mass is 424 g/mol. The third-order valence-electron chi connectivity index (χ3n) is 6.81. The summed E-state index contributed by atoms with van der Waals surface area (Å²) in [6.45, 7) is 7.55. The Morgan fingerprint density at radius 3 is 2.63 bits per heavy atom. The first-order valence-corrected chi connectivity index (χ1v) is 10.6. The first kappa shape index (κ1) is 19.5. The number of anilines is 1. The van der Waals surface area contributed by atoms with Crippen LogP contribution in [0, 0.1) is 20.8 Å². The van der Waals surface area contributed by atoms with Gasteiger partial charge in [-0.2, -0.15) is 0 Å². The lowest BCUT2D eigenvalue weighted by molar-refractivity contribution is -0.136. The Kier molecular flexibility index (Phi) is 4.38. The van der Waals surface area contributed by atoms with Gasteiger partial charge in [0.1, 0.15) is 0 Å². The second kappa shape index (κ2) is 6.76. The molecule has 3 heterocycles. The van der Waals surface area contributed by atoms with Crippen molar-refractivity contribution in [2.24, 2.45) is 0 Å². The van der Waals surface area contributed by atoms with Crippen LogP contribution in [0.15, 0.2) is 24.3 Å². The predicted octanol–water partition coefficient (Wildman–Crippen LogP) is 4.90. The molecule has 5 nitrogen and oxygen atoms in total. The van der Waals surface area contributed by atoms with Crippen LogP contribution >= 0.6 is 11.6 Å². The van der Waals surface area contributed by atoms with Gasteiger partial charge in [0.2, 0.25) is 0 Å². The summed E-state index contributed by atoms with van der Waals surface area (Å²) >= 11 is 6.29. The van der Waals surface area contributed by atoms with E-state index in [1.165, 1.54) is 11.2 Å². The fraction of sp³-hybridized carbons (Fsp3) is 0.375. The van der Waals surface area contributed by atoms with Crippen molar-refractivity contribution in [1.29, 1.82) is 0 Å². The van der Waals surface area contributed by atoms with Crippen molar-refractivity contribution in [2.75, 3.05) is 25.2 Å². The molecule has 1 aromatic heterocycles. The number of aromatic nitrogens is 1. The number of carboxylic acids is 1. The zero-order chi connectivity index (χ0) is 21.3. The smallest absolute Gasteiger partial charge is 0.307 e. The Morgan fingerprint density at radius 1 is 1.20 bits per heavy atom. The van der Waals surface area contributed by atoms with Crippen LogP contribution in [-0.4, -0.2) is 41.9 Å². The summed E-state index contributed by atoms with van der Waals surface area (Å²) in [7, 11) is 2.11. The summed E-state index contributed by atoms with van der Waals surface area (Å²) in [4.78, 5) is 14.2. The van der Waals surface area contributed by atoms with Crippen molar-refractivity contribution in [3.63, 3.8) is 0 Å². The molecule has 156 valence electrons. The molecule has 1 N–H and O–H groups in total. The SMILES string of the molecule is Cc1cc(-c2c(CC(=O)O)c(C)c3c4c2cc(C)n4C2COCC2N3C)ccc1Cl. The zero-order valence-corrected chi connectivity index (χ0v) is 18.4. The number of nitrogens with zero attached hydrogens (tertiary/aromatic N) is 2. The van der Waals surface area contributed by atoms with Gasteiger partial charge in [-0.15, -0.1) is 0 Å². The van der Waals surface area contributed by atoms with E-state index >= 15 is 0 Å². The number of carboxylic acid groups (broad SMARTS) is 1. The van der Waals surface area contributed by atoms with Gasteiger partial charge in [-0.1, -0.05) is 17.7 Å². The minimum atomic E-state index is -0.826. The van der Waals surface area contributed by atoms with E-state index in [2.05, 4.69) is 42.5 Å². The van der Waals surface area contributed by atoms with E-state index in [-0.39, 0.29) is 18.5 Å². The van der Waals surface area contributed by atoms with Crippen LogP contribution in [-0.2, 0) is 16.0 Å². The molecule has 6 heteroatoms. The average Bonchev–Trinajstić information content (AvgIpc) is 3.28.